The summed E-state index contributed by atoms with van der Waals surface area (Å²) in [6.45, 7) is 3.42. The summed E-state index contributed by atoms with van der Waals surface area (Å²) in [5.41, 5.74) is 6.27. The van der Waals surface area contributed by atoms with Gasteiger partial charge in [-0.15, -0.1) is 0 Å². The minimum atomic E-state index is -3.99. The molecule has 4 rings (SSSR count). The van der Waals surface area contributed by atoms with Gasteiger partial charge in [-0.1, -0.05) is 41.4 Å². The molecule has 4 aromatic rings. The van der Waals surface area contributed by atoms with Crippen molar-refractivity contribution in [2.45, 2.75) is 18.7 Å². The number of nitrogens with one attached hydrogen (secondary N) is 1. The molecule has 1 heterocycles. The Balaban J connectivity index is 1.54. The van der Waals surface area contributed by atoms with Gasteiger partial charge < -0.3 is 4.57 Å². The van der Waals surface area contributed by atoms with Crippen molar-refractivity contribution in [2.24, 2.45) is 5.10 Å². The molecule has 0 aliphatic carbocycles. The van der Waals surface area contributed by atoms with E-state index in [0.29, 0.717) is 15.7 Å². The molecule has 0 aliphatic heterocycles. The van der Waals surface area contributed by atoms with Crippen LogP contribution >= 0.6 is 45.8 Å². The van der Waals surface area contributed by atoms with Crippen LogP contribution in [0.2, 0.25) is 10.0 Å². The molecule has 0 spiro atoms. The fourth-order valence-corrected chi connectivity index (χ4v) is 6.02. The Hall–Kier alpha value is -2.86. The SMILES string of the molecule is Cc1cc(/C=N\NC(=O)CN(c2ccc(I)cc2)S(=O)(=O)c2ccccc2)c(C)n1-c1ccc(Cl)c(Cl)c1. The Morgan fingerprint density at radius 2 is 1.68 bits per heavy atom. The predicted molar refractivity (Wildman–Crippen MR) is 161 cm³/mol. The van der Waals surface area contributed by atoms with E-state index in [2.05, 4.69) is 33.1 Å². The highest BCUT2D eigenvalue weighted by molar-refractivity contribution is 14.1. The Morgan fingerprint density at radius 1 is 1.00 bits per heavy atom. The van der Waals surface area contributed by atoms with Gasteiger partial charge in [-0.2, -0.15) is 5.10 Å². The number of aromatic nitrogens is 1. The number of hydrogen-bond donors (Lipinski definition) is 1. The first-order valence-corrected chi connectivity index (χ1v) is 14.6. The van der Waals surface area contributed by atoms with Gasteiger partial charge >= 0.3 is 0 Å². The average Bonchev–Trinajstić information content (AvgIpc) is 3.18. The molecular formula is C27H23Cl2IN4O3S. The number of amides is 1. The molecule has 1 aromatic heterocycles. The molecule has 0 fully saturated rings. The number of hydrazone groups is 1. The van der Waals surface area contributed by atoms with Crippen LogP contribution in [0.1, 0.15) is 17.0 Å². The maximum Gasteiger partial charge on any atom is 0.264 e. The summed E-state index contributed by atoms with van der Waals surface area (Å²) in [6, 6.07) is 22.2. The van der Waals surface area contributed by atoms with Gasteiger partial charge in [0, 0.05) is 26.2 Å². The Labute approximate surface area is 245 Å². The van der Waals surface area contributed by atoms with Crippen molar-refractivity contribution in [3.05, 3.63) is 109 Å². The van der Waals surface area contributed by atoms with Crippen LogP contribution in [0.3, 0.4) is 0 Å². The van der Waals surface area contributed by atoms with Crippen molar-refractivity contribution >= 4 is 73.6 Å². The van der Waals surface area contributed by atoms with E-state index < -0.39 is 22.5 Å². The van der Waals surface area contributed by atoms with Gasteiger partial charge in [0.15, 0.2) is 0 Å². The van der Waals surface area contributed by atoms with Gasteiger partial charge in [-0.25, -0.2) is 13.8 Å². The average molecular weight is 681 g/mol. The van der Waals surface area contributed by atoms with Crippen molar-refractivity contribution in [2.75, 3.05) is 10.8 Å². The first-order chi connectivity index (χ1) is 18.1. The van der Waals surface area contributed by atoms with Crippen molar-refractivity contribution in [1.29, 1.82) is 0 Å². The Morgan fingerprint density at radius 3 is 2.34 bits per heavy atom. The van der Waals surface area contributed by atoms with E-state index in [0.717, 1.165) is 30.5 Å². The van der Waals surface area contributed by atoms with Crippen LogP contribution in [-0.4, -0.2) is 31.7 Å². The van der Waals surface area contributed by atoms with Crippen LogP contribution in [0.5, 0.6) is 0 Å². The molecule has 1 amide bonds. The van der Waals surface area contributed by atoms with Crippen LogP contribution in [0.4, 0.5) is 5.69 Å². The highest BCUT2D eigenvalue weighted by Gasteiger charge is 2.27. The van der Waals surface area contributed by atoms with Gasteiger partial charge in [0.1, 0.15) is 6.54 Å². The van der Waals surface area contributed by atoms with Gasteiger partial charge in [-0.3, -0.25) is 9.10 Å². The van der Waals surface area contributed by atoms with Gasteiger partial charge in [0.2, 0.25) is 0 Å². The van der Waals surface area contributed by atoms with Crippen molar-refractivity contribution in [3.8, 4) is 5.69 Å². The summed E-state index contributed by atoms with van der Waals surface area (Å²) in [5, 5.41) is 5.01. The van der Waals surface area contributed by atoms with Crippen LogP contribution in [0.25, 0.3) is 5.69 Å². The number of hydrogen-bond acceptors (Lipinski definition) is 4. The summed E-state index contributed by atoms with van der Waals surface area (Å²) in [4.78, 5) is 12.9. The number of nitrogens with zero attached hydrogens (tertiary/aromatic N) is 3. The lowest BCUT2D eigenvalue weighted by Gasteiger charge is -2.23. The minimum absolute atomic E-state index is 0.0876. The lowest BCUT2D eigenvalue weighted by molar-refractivity contribution is -0.119. The molecule has 38 heavy (non-hydrogen) atoms. The molecule has 1 N–H and O–H groups in total. The van der Waals surface area contributed by atoms with Crippen LogP contribution in [-0.2, 0) is 14.8 Å². The van der Waals surface area contributed by atoms with Crippen LogP contribution in [0.15, 0.2) is 88.9 Å². The summed E-state index contributed by atoms with van der Waals surface area (Å²) in [7, 11) is -3.99. The van der Waals surface area contributed by atoms with Crippen LogP contribution < -0.4 is 9.73 Å². The van der Waals surface area contributed by atoms with E-state index >= 15 is 0 Å². The van der Waals surface area contributed by atoms with E-state index in [1.54, 1.807) is 54.6 Å². The van der Waals surface area contributed by atoms with E-state index in [9.17, 15) is 13.2 Å². The number of anilines is 1. The minimum Gasteiger partial charge on any atom is -0.318 e. The van der Waals surface area contributed by atoms with Gasteiger partial charge in [0.05, 0.1) is 26.8 Å². The fraction of sp³-hybridized carbons (Fsp3) is 0.111. The molecule has 0 bridgehead atoms. The predicted octanol–water partition coefficient (Wildman–Crippen LogP) is 6.35. The smallest absolute Gasteiger partial charge is 0.264 e. The molecule has 0 atom stereocenters. The normalized spacial score (nSPS) is 11.6. The number of aryl methyl sites for hydroxylation is 1. The van der Waals surface area contributed by atoms with E-state index in [1.807, 2.05) is 30.5 Å². The molecule has 0 saturated heterocycles. The molecule has 11 heteroatoms. The molecule has 0 saturated carbocycles. The summed E-state index contributed by atoms with van der Waals surface area (Å²) >= 11 is 14.4. The maximum absolute atomic E-state index is 13.4. The quantitative estimate of drug-likeness (QED) is 0.134. The Kier molecular flexibility index (Phi) is 8.81. The summed E-state index contributed by atoms with van der Waals surface area (Å²) in [5.74, 6) is -0.586. The second-order valence-electron chi connectivity index (χ2n) is 8.35. The molecule has 3 aromatic carbocycles. The number of halogens is 3. The molecule has 0 radical (unpaired) electrons. The molecular weight excluding hydrogens is 658 g/mol. The second-order valence-corrected chi connectivity index (χ2v) is 12.3. The number of rotatable bonds is 8. The van der Waals surface area contributed by atoms with Crippen molar-refractivity contribution < 1.29 is 13.2 Å². The lowest BCUT2D eigenvalue weighted by atomic mass is 10.2. The van der Waals surface area contributed by atoms with Gasteiger partial charge in [-0.05, 0) is 97.1 Å². The van der Waals surface area contributed by atoms with E-state index in [4.69, 9.17) is 23.2 Å². The zero-order valence-corrected chi connectivity index (χ0v) is 24.9. The highest BCUT2D eigenvalue weighted by Crippen LogP contribution is 2.27. The number of carbonyl (C=O) groups is 1. The van der Waals surface area contributed by atoms with Crippen LogP contribution in [0, 0.1) is 17.4 Å². The largest absolute Gasteiger partial charge is 0.318 e. The van der Waals surface area contributed by atoms with E-state index in [1.165, 1.54) is 18.3 Å². The second kappa shape index (κ2) is 11.9. The maximum atomic E-state index is 13.4. The first kappa shape index (κ1) is 28.2. The Bertz CT molecular complexity index is 1610. The van der Waals surface area contributed by atoms with E-state index in [-0.39, 0.29) is 4.90 Å². The molecule has 0 unspecified atom stereocenters. The summed E-state index contributed by atoms with van der Waals surface area (Å²) in [6.07, 6.45) is 1.52. The third kappa shape index (κ3) is 6.23. The highest BCUT2D eigenvalue weighted by atomic mass is 127. The van der Waals surface area contributed by atoms with Crippen molar-refractivity contribution in [3.63, 3.8) is 0 Å². The molecule has 7 nitrogen and oxygen atoms in total. The number of benzene rings is 3. The standard InChI is InChI=1S/C27H23Cl2IN4O3S/c1-18-14-20(19(2)34(18)23-12-13-25(28)26(29)15-23)16-31-32-27(35)17-33(22-10-8-21(30)9-11-22)38(36,37)24-6-4-3-5-7-24/h3-16H,17H2,1-2H3,(H,32,35)/b31-16-. The monoisotopic (exact) mass is 680 g/mol. The number of sulfonamides is 1. The third-order valence-corrected chi connectivity index (χ3v) is 9.00. The zero-order valence-electron chi connectivity index (χ0n) is 20.4. The lowest BCUT2D eigenvalue weighted by Crippen LogP contribution is -2.39. The zero-order chi connectivity index (χ0) is 27.4. The van der Waals surface area contributed by atoms with Gasteiger partial charge in [0.25, 0.3) is 15.9 Å². The van der Waals surface area contributed by atoms with Crippen molar-refractivity contribution in [1.82, 2.24) is 9.99 Å². The number of carbonyl (C=O) groups excluding carboxylic acids is 1. The fourth-order valence-electron chi connectivity index (χ4n) is 3.92. The summed E-state index contributed by atoms with van der Waals surface area (Å²) < 4.78 is 30.8. The topological polar surface area (TPSA) is 83.8 Å². The third-order valence-electron chi connectivity index (χ3n) is 5.76. The first-order valence-electron chi connectivity index (χ1n) is 11.4. The molecule has 196 valence electrons. The molecule has 0 aliphatic rings.